The summed E-state index contributed by atoms with van der Waals surface area (Å²) in [5, 5.41) is 3.42. The summed E-state index contributed by atoms with van der Waals surface area (Å²) in [4.78, 5) is 8.58. The van der Waals surface area contributed by atoms with E-state index < -0.39 is 0 Å². The second-order valence-corrected chi connectivity index (χ2v) is 5.21. The predicted octanol–water partition coefficient (Wildman–Crippen LogP) is 2.35. The zero-order chi connectivity index (χ0) is 13.1. The Bertz CT molecular complexity index is 514. The van der Waals surface area contributed by atoms with Gasteiger partial charge in [-0.05, 0) is 44.5 Å². The molecule has 2 aromatic rings. The lowest BCUT2D eigenvalue weighted by Crippen LogP contribution is -2.28. The van der Waals surface area contributed by atoms with E-state index in [4.69, 9.17) is 0 Å². The van der Waals surface area contributed by atoms with Gasteiger partial charge in [-0.1, -0.05) is 6.07 Å². The van der Waals surface area contributed by atoms with Crippen LogP contribution in [0.5, 0.6) is 0 Å². The summed E-state index contributed by atoms with van der Waals surface area (Å²) in [7, 11) is 0. The number of pyridine rings is 1. The van der Waals surface area contributed by atoms with Crippen LogP contribution in [-0.2, 0) is 0 Å². The molecule has 1 aliphatic rings. The fourth-order valence-corrected chi connectivity index (χ4v) is 2.86. The topological polar surface area (TPSA) is 42.7 Å². The minimum Gasteiger partial charge on any atom is -0.327 e. The zero-order valence-electron chi connectivity index (χ0n) is 11.3. The fraction of sp³-hybridized carbons (Fsp3) is 0.467. The Morgan fingerprint density at radius 2 is 2.11 bits per heavy atom. The molecule has 100 valence electrons. The van der Waals surface area contributed by atoms with E-state index in [2.05, 4.69) is 32.8 Å². The van der Waals surface area contributed by atoms with E-state index in [0.29, 0.717) is 12.0 Å². The number of aromatic nitrogens is 3. The van der Waals surface area contributed by atoms with Crippen LogP contribution in [0.3, 0.4) is 0 Å². The van der Waals surface area contributed by atoms with Crippen LogP contribution in [0.15, 0.2) is 37.1 Å². The minimum atomic E-state index is 0.293. The third-order valence-corrected chi connectivity index (χ3v) is 4.04. The Labute approximate surface area is 113 Å². The van der Waals surface area contributed by atoms with Gasteiger partial charge in [0.1, 0.15) is 0 Å². The average Bonchev–Trinajstić information content (AvgIpc) is 2.98. The second kappa shape index (κ2) is 5.53. The van der Waals surface area contributed by atoms with Crippen LogP contribution in [0, 0.1) is 0 Å². The molecular weight excluding hydrogens is 236 g/mol. The molecule has 1 fully saturated rings. The molecule has 19 heavy (non-hydrogen) atoms. The van der Waals surface area contributed by atoms with Crippen molar-refractivity contribution in [3.05, 3.63) is 48.3 Å². The van der Waals surface area contributed by atoms with Gasteiger partial charge in [0, 0.05) is 30.2 Å². The van der Waals surface area contributed by atoms with Crippen molar-refractivity contribution in [3.63, 3.8) is 0 Å². The number of nitrogens with one attached hydrogen (secondary N) is 1. The first-order valence-corrected chi connectivity index (χ1v) is 6.98. The van der Waals surface area contributed by atoms with Gasteiger partial charge in [-0.3, -0.25) is 4.98 Å². The predicted molar refractivity (Wildman–Crippen MR) is 75.1 cm³/mol. The molecule has 0 saturated carbocycles. The Morgan fingerprint density at radius 1 is 1.26 bits per heavy atom. The molecule has 0 bridgehead atoms. The van der Waals surface area contributed by atoms with Gasteiger partial charge in [-0.2, -0.15) is 0 Å². The van der Waals surface area contributed by atoms with E-state index in [1.165, 1.54) is 24.1 Å². The first-order valence-electron chi connectivity index (χ1n) is 6.98. The highest BCUT2D eigenvalue weighted by Gasteiger charge is 2.21. The van der Waals surface area contributed by atoms with E-state index in [1.54, 1.807) is 0 Å². The maximum atomic E-state index is 4.37. The summed E-state index contributed by atoms with van der Waals surface area (Å²) >= 11 is 0. The summed E-state index contributed by atoms with van der Waals surface area (Å²) < 4.78 is 2.30. The largest absolute Gasteiger partial charge is 0.327 e. The monoisotopic (exact) mass is 256 g/mol. The van der Waals surface area contributed by atoms with Crippen molar-refractivity contribution in [1.82, 2.24) is 19.9 Å². The Hall–Kier alpha value is -1.68. The molecule has 3 rings (SSSR count). The maximum Gasteiger partial charge on any atom is 0.0953 e. The molecule has 2 aromatic heterocycles. The fourth-order valence-electron chi connectivity index (χ4n) is 2.86. The van der Waals surface area contributed by atoms with Crippen LogP contribution in [0.4, 0.5) is 0 Å². The van der Waals surface area contributed by atoms with E-state index in [-0.39, 0.29) is 0 Å². The van der Waals surface area contributed by atoms with Crippen molar-refractivity contribution < 1.29 is 0 Å². The highest BCUT2D eigenvalue weighted by atomic mass is 15.1. The zero-order valence-corrected chi connectivity index (χ0v) is 11.3. The third-order valence-electron chi connectivity index (χ3n) is 4.04. The number of rotatable bonds is 3. The number of hydrogen-bond donors (Lipinski definition) is 1. The summed E-state index contributed by atoms with van der Waals surface area (Å²) in [5.41, 5.74) is 2.59. The molecule has 1 saturated heterocycles. The number of hydrogen-bond acceptors (Lipinski definition) is 3. The van der Waals surface area contributed by atoms with Crippen molar-refractivity contribution in [2.45, 2.75) is 31.7 Å². The third kappa shape index (κ3) is 2.54. The van der Waals surface area contributed by atoms with Gasteiger partial charge in [0.05, 0.1) is 12.4 Å². The SMILES string of the molecule is CC(c1cccnc1)n1cncc1C1CCNCC1. The lowest BCUT2D eigenvalue weighted by Gasteiger charge is -2.26. The highest BCUT2D eigenvalue weighted by molar-refractivity contribution is 5.18. The molecule has 0 spiro atoms. The number of piperidine rings is 1. The van der Waals surface area contributed by atoms with Crippen LogP contribution in [-0.4, -0.2) is 27.6 Å². The normalized spacial score (nSPS) is 18.4. The van der Waals surface area contributed by atoms with Crippen molar-refractivity contribution in [2.24, 2.45) is 0 Å². The minimum absolute atomic E-state index is 0.293. The quantitative estimate of drug-likeness (QED) is 0.916. The molecule has 0 amide bonds. The van der Waals surface area contributed by atoms with E-state index >= 15 is 0 Å². The van der Waals surface area contributed by atoms with E-state index in [1.807, 2.05) is 31.0 Å². The first-order chi connectivity index (χ1) is 9.36. The molecule has 4 nitrogen and oxygen atoms in total. The number of nitrogens with zero attached hydrogens (tertiary/aromatic N) is 3. The molecule has 1 unspecified atom stereocenters. The van der Waals surface area contributed by atoms with Crippen LogP contribution >= 0.6 is 0 Å². The van der Waals surface area contributed by atoms with Gasteiger partial charge >= 0.3 is 0 Å². The van der Waals surface area contributed by atoms with Gasteiger partial charge in [-0.25, -0.2) is 4.98 Å². The molecule has 3 heterocycles. The Morgan fingerprint density at radius 3 is 2.84 bits per heavy atom. The van der Waals surface area contributed by atoms with Crippen molar-refractivity contribution >= 4 is 0 Å². The summed E-state index contributed by atoms with van der Waals surface area (Å²) in [6, 6.07) is 4.41. The smallest absolute Gasteiger partial charge is 0.0953 e. The van der Waals surface area contributed by atoms with Gasteiger partial charge in [0.25, 0.3) is 0 Å². The average molecular weight is 256 g/mol. The van der Waals surface area contributed by atoms with Crippen LogP contribution in [0.1, 0.15) is 43.0 Å². The van der Waals surface area contributed by atoms with Crippen molar-refractivity contribution in [1.29, 1.82) is 0 Å². The van der Waals surface area contributed by atoms with Crippen LogP contribution < -0.4 is 5.32 Å². The molecule has 0 aliphatic carbocycles. The summed E-state index contributed by atoms with van der Waals surface area (Å²) in [5.74, 6) is 0.628. The van der Waals surface area contributed by atoms with Crippen molar-refractivity contribution in [2.75, 3.05) is 13.1 Å². The van der Waals surface area contributed by atoms with E-state index in [9.17, 15) is 0 Å². The second-order valence-electron chi connectivity index (χ2n) is 5.21. The van der Waals surface area contributed by atoms with Gasteiger partial charge < -0.3 is 9.88 Å². The van der Waals surface area contributed by atoms with Crippen molar-refractivity contribution in [3.8, 4) is 0 Å². The van der Waals surface area contributed by atoms with E-state index in [0.717, 1.165) is 13.1 Å². The first kappa shape index (κ1) is 12.4. The summed E-state index contributed by atoms with van der Waals surface area (Å²) in [6.45, 7) is 4.43. The molecule has 0 radical (unpaired) electrons. The summed E-state index contributed by atoms with van der Waals surface area (Å²) in [6.07, 6.45) is 10.1. The lowest BCUT2D eigenvalue weighted by molar-refractivity contribution is 0.433. The molecule has 1 atom stereocenters. The number of imidazole rings is 1. The molecular formula is C15H20N4. The molecule has 1 aliphatic heterocycles. The van der Waals surface area contributed by atoms with Crippen LogP contribution in [0.25, 0.3) is 0 Å². The van der Waals surface area contributed by atoms with Gasteiger partial charge in [-0.15, -0.1) is 0 Å². The molecule has 1 N–H and O–H groups in total. The van der Waals surface area contributed by atoms with Gasteiger partial charge in [0.2, 0.25) is 0 Å². The van der Waals surface area contributed by atoms with Gasteiger partial charge in [0.15, 0.2) is 0 Å². The standard InChI is InChI=1S/C15H20N4/c1-12(14-3-2-6-17-9-14)19-11-18-10-15(19)13-4-7-16-8-5-13/h2-3,6,9-13,16H,4-5,7-8H2,1H3. The molecule has 0 aromatic carbocycles. The maximum absolute atomic E-state index is 4.37. The Kier molecular flexibility index (Phi) is 3.60. The highest BCUT2D eigenvalue weighted by Crippen LogP contribution is 2.28. The lowest BCUT2D eigenvalue weighted by atomic mass is 9.94. The molecule has 4 heteroatoms. The Balaban J connectivity index is 1.87. The van der Waals surface area contributed by atoms with Crippen LogP contribution in [0.2, 0.25) is 0 Å².